The van der Waals surface area contributed by atoms with Gasteiger partial charge in [0, 0.05) is 13.2 Å². The molecule has 0 aliphatic heterocycles. The lowest BCUT2D eigenvalue weighted by molar-refractivity contribution is 0.361. The highest BCUT2D eigenvalue weighted by Crippen LogP contribution is 2.15. The molecule has 3 nitrogen and oxygen atoms in total. The Hall–Kier alpha value is -2.03. The lowest BCUT2D eigenvalue weighted by atomic mass is 10.0. The minimum atomic E-state index is -0.0619. The van der Waals surface area contributed by atoms with E-state index < -0.39 is 0 Å². The molecular formula is C15H20N2O. The molecule has 0 aromatic carbocycles. The van der Waals surface area contributed by atoms with Crippen molar-refractivity contribution in [1.82, 2.24) is 4.90 Å². The molecule has 96 valence electrons. The maximum atomic E-state index is 9.86. The van der Waals surface area contributed by atoms with Crippen molar-refractivity contribution < 1.29 is 5.11 Å². The lowest BCUT2D eigenvalue weighted by Crippen LogP contribution is -2.24. The van der Waals surface area contributed by atoms with Gasteiger partial charge in [-0.15, -0.1) is 0 Å². The Bertz CT molecular complexity index is 453. The maximum absolute atomic E-state index is 9.86. The van der Waals surface area contributed by atoms with E-state index in [4.69, 9.17) is 0 Å². The standard InChI is InChI=1S/C15H20N2O/c1-5-7-11-17(4)12(3)16-15-13(6-2)9-8-10-14(15)18/h5-12,18H,1H2,2-4H3/b11-7-,13-6-,16-15?. The average Bonchev–Trinajstić information content (AvgIpc) is 2.38. The van der Waals surface area contributed by atoms with Gasteiger partial charge in [-0.1, -0.05) is 30.9 Å². The normalized spacial score (nSPS) is 21.4. The van der Waals surface area contributed by atoms with Crippen LogP contribution in [0.2, 0.25) is 0 Å². The van der Waals surface area contributed by atoms with Gasteiger partial charge in [0.05, 0.1) is 0 Å². The van der Waals surface area contributed by atoms with Gasteiger partial charge in [-0.25, -0.2) is 0 Å². The summed E-state index contributed by atoms with van der Waals surface area (Å²) >= 11 is 0. The summed E-state index contributed by atoms with van der Waals surface area (Å²) in [4.78, 5) is 6.49. The first-order valence-electron chi connectivity index (χ1n) is 5.93. The third-order valence-corrected chi connectivity index (χ3v) is 2.72. The quantitative estimate of drug-likeness (QED) is 0.770. The van der Waals surface area contributed by atoms with Crippen LogP contribution in [0.4, 0.5) is 0 Å². The zero-order valence-electron chi connectivity index (χ0n) is 11.2. The van der Waals surface area contributed by atoms with Crippen molar-refractivity contribution in [3.63, 3.8) is 0 Å². The number of aliphatic hydroxyl groups excluding tert-OH is 1. The summed E-state index contributed by atoms with van der Waals surface area (Å²) in [6, 6.07) is 0. The van der Waals surface area contributed by atoms with E-state index in [1.54, 1.807) is 12.2 Å². The Labute approximate surface area is 109 Å². The first kappa shape index (κ1) is 14.0. The number of hydrogen-bond acceptors (Lipinski definition) is 3. The summed E-state index contributed by atoms with van der Waals surface area (Å²) in [5.74, 6) is 0.207. The maximum Gasteiger partial charge on any atom is 0.141 e. The second-order valence-electron chi connectivity index (χ2n) is 4.01. The van der Waals surface area contributed by atoms with Crippen molar-refractivity contribution in [1.29, 1.82) is 0 Å². The zero-order chi connectivity index (χ0) is 13.5. The molecule has 0 spiro atoms. The van der Waals surface area contributed by atoms with Crippen LogP contribution in [-0.2, 0) is 0 Å². The van der Waals surface area contributed by atoms with Gasteiger partial charge in [-0.2, -0.15) is 0 Å². The molecule has 1 rings (SSSR count). The average molecular weight is 244 g/mol. The molecule has 1 N–H and O–H groups in total. The molecular weight excluding hydrogens is 224 g/mol. The molecule has 0 aromatic heterocycles. The number of aliphatic hydroxyl groups is 1. The van der Waals surface area contributed by atoms with E-state index in [0.29, 0.717) is 5.71 Å². The van der Waals surface area contributed by atoms with Crippen molar-refractivity contribution >= 4 is 5.71 Å². The van der Waals surface area contributed by atoms with E-state index in [9.17, 15) is 5.11 Å². The minimum absolute atomic E-state index is 0.0619. The molecule has 0 bridgehead atoms. The smallest absolute Gasteiger partial charge is 0.141 e. The van der Waals surface area contributed by atoms with Gasteiger partial charge in [0.2, 0.25) is 0 Å². The Morgan fingerprint density at radius 1 is 1.50 bits per heavy atom. The number of aliphatic imine (C=N–C) groups is 1. The van der Waals surface area contributed by atoms with Crippen LogP contribution in [0.5, 0.6) is 0 Å². The van der Waals surface area contributed by atoms with Crippen molar-refractivity contribution in [2.24, 2.45) is 4.99 Å². The van der Waals surface area contributed by atoms with E-state index in [1.807, 2.05) is 56.3 Å². The summed E-state index contributed by atoms with van der Waals surface area (Å²) in [6.45, 7) is 7.53. The Morgan fingerprint density at radius 3 is 2.83 bits per heavy atom. The fourth-order valence-electron chi connectivity index (χ4n) is 1.52. The van der Waals surface area contributed by atoms with Crippen LogP contribution in [-0.4, -0.2) is 28.9 Å². The summed E-state index contributed by atoms with van der Waals surface area (Å²) in [7, 11) is 1.93. The van der Waals surface area contributed by atoms with Crippen LogP contribution >= 0.6 is 0 Å². The number of rotatable bonds is 4. The molecule has 0 heterocycles. The van der Waals surface area contributed by atoms with Crippen molar-refractivity contribution in [3.05, 3.63) is 60.6 Å². The summed E-state index contributed by atoms with van der Waals surface area (Å²) in [5.41, 5.74) is 1.56. The van der Waals surface area contributed by atoms with Crippen LogP contribution in [0.15, 0.2) is 65.6 Å². The van der Waals surface area contributed by atoms with Crippen LogP contribution in [0.25, 0.3) is 0 Å². The molecule has 0 fully saturated rings. The predicted octanol–water partition coefficient (Wildman–Crippen LogP) is 3.36. The molecule has 0 aromatic rings. The summed E-state index contributed by atoms with van der Waals surface area (Å²) in [5, 5.41) is 9.86. The molecule has 0 saturated carbocycles. The van der Waals surface area contributed by atoms with Gasteiger partial charge in [0.1, 0.15) is 17.6 Å². The van der Waals surface area contributed by atoms with Crippen LogP contribution in [0.3, 0.4) is 0 Å². The van der Waals surface area contributed by atoms with Crippen molar-refractivity contribution in [3.8, 4) is 0 Å². The molecule has 1 atom stereocenters. The zero-order valence-corrected chi connectivity index (χ0v) is 11.2. The SMILES string of the molecule is C=C/C=C\N(C)C(C)N=C1C(O)=CC=C/C1=C/C. The third-order valence-electron chi connectivity index (χ3n) is 2.72. The van der Waals surface area contributed by atoms with E-state index in [1.165, 1.54) is 0 Å². The van der Waals surface area contributed by atoms with E-state index >= 15 is 0 Å². The first-order chi connectivity index (χ1) is 8.60. The van der Waals surface area contributed by atoms with Crippen molar-refractivity contribution in [2.75, 3.05) is 7.05 Å². The molecule has 1 unspecified atom stereocenters. The van der Waals surface area contributed by atoms with Crippen molar-refractivity contribution in [2.45, 2.75) is 20.0 Å². The van der Waals surface area contributed by atoms with E-state index in [-0.39, 0.29) is 11.9 Å². The first-order valence-corrected chi connectivity index (χ1v) is 5.93. The lowest BCUT2D eigenvalue weighted by Gasteiger charge is -2.21. The molecule has 3 heteroatoms. The number of allylic oxidation sites excluding steroid dienone is 7. The van der Waals surface area contributed by atoms with Crippen LogP contribution in [0, 0.1) is 0 Å². The molecule has 1 aliphatic rings. The Balaban J connectivity index is 2.93. The molecule has 0 amide bonds. The van der Waals surface area contributed by atoms with Crippen LogP contribution < -0.4 is 0 Å². The number of hydrogen-bond donors (Lipinski definition) is 1. The predicted molar refractivity (Wildman–Crippen MR) is 77.6 cm³/mol. The monoisotopic (exact) mass is 244 g/mol. The third kappa shape index (κ3) is 3.48. The molecule has 0 radical (unpaired) electrons. The fourth-order valence-corrected chi connectivity index (χ4v) is 1.52. The summed E-state index contributed by atoms with van der Waals surface area (Å²) in [6.07, 6.45) is 12.7. The van der Waals surface area contributed by atoms with Gasteiger partial charge in [0.25, 0.3) is 0 Å². The largest absolute Gasteiger partial charge is 0.506 e. The number of nitrogens with zero attached hydrogens (tertiary/aromatic N) is 2. The second kappa shape index (κ2) is 6.64. The minimum Gasteiger partial charge on any atom is -0.506 e. The Morgan fingerprint density at radius 2 is 2.22 bits per heavy atom. The van der Waals surface area contributed by atoms with Gasteiger partial charge in [0.15, 0.2) is 0 Å². The van der Waals surface area contributed by atoms with Gasteiger partial charge in [-0.05, 0) is 31.6 Å². The molecule has 1 aliphatic carbocycles. The Kier molecular flexibility index (Phi) is 5.18. The molecule has 18 heavy (non-hydrogen) atoms. The van der Waals surface area contributed by atoms with E-state index in [2.05, 4.69) is 11.6 Å². The highest BCUT2D eigenvalue weighted by molar-refractivity contribution is 6.13. The topological polar surface area (TPSA) is 35.8 Å². The fraction of sp³-hybridized carbons (Fsp3) is 0.267. The molecule has 0 saturated heterocycles. The summed E-state index contributed by atoms with van der Waals surface area (Å²) < 4.78 is 0. The van der Waals surface area contributed by atoms with Gasteiger partial charge in [-0.3, -0.25) is 4.99 Å². The van der Waals surface area contributed by atoms with Crippen LogP contribution in [0.1, 0.15) is 13.8 Å². The second-order valence-corrected chi connectivity index (χ2v) is 4.01. The van der Waals surface area contributed by atoms with E-state index in [0.717, 1.165) is 5.57 Å². The highest BCUT2D eigenvalue weighted by atomic mass is 16.3. The van der Waals surface area contributed by atoms with Gasteiger partial charge >= 0.3 is 0 Å². The highest BCUT2D eigenvalue weighted by Gasteiger charge is 2.14. The van der Waals surface area contributed by atoms with Gasteiger partial charge < -0.3 is 10.0 Å².